The largest absolute Gasteiger partial charge is 0.483 e. The molecule has 7 heteroatoms. The van der Waals surface area contributed by atoms with Gasteiger partial charge in [-0.1, -0.05) is 0 Å². The zero-order chi connectivity index (χ0) is 21.3. The second kappa shape index (κ2) is 8.26. The molecule has 3 heterocycles. The fourth-order valence-electron chi connectivity index (χ4n) is 4.00. The van der Waals surface area contributed by atoms with Gasteiger partial charge in [-0.25, -0.2) is 14.8 Å². The molecule has 1 aliphatic heterocycles. The summed E-state index contributed by atoms with van der Waals surface area (Å²) < 4.78 is 11.4. The third-order valence-electron chi connectivity index (χ3n) is 5.88. The summed E-state index contributed by atoms with van der Waals surface area (Å²) >= 11 is 0. The predicted octanol–water partition coefficient (Wildman–Crippen LogP) is 3.29. The molecular weight excluding hydrogens is 382 g/mol. The average molecular weight is 407 g/mol. The monoisotopic (exact) mass is 407 g/mol. The van der Waals surface area contributed by atoms with Crippen molar-refractivity contribution in [1.29, 1.82) is 0 Å². The number of rotatable bonds is 4. The zero-order valence-electron chi connectivity index (χ0n) is 17.5. The summed E-state index contributed by atoms with van der Waals surface area (Å²) in [6, 6.07) is 5.63. The molecule has 1 aliphatic rings. The SMILES string of the molecule is Cc1cc(OCC(=O)N2CCC(c3ccncn3)CC2)c2c(C)c(C)c(=O)oc2c1. The van der Waals surface area contributed by atoms with Crippen molar-refractivity contribution < 1.29 is 13.9 Å². The van der Waals surface area contributed by atoms with E-state index in [0.717, 1.165) is 35.0 Å². The molecule has 0 unspecified atom stereocenters. The van der Waals surface area contributed by atoms with Crippen LogP contribution >= 0.6 is 0 Å². The van der Waals surface area contributed by atoms with Crippen LogP contribution in [0, 0.1) is 20.8 Å². The Morgan fingerprint density at radius 3 is 2.67 bits per heavy atom. The Labute approximate surface area is 174 Å². The highest BCUT2D eigenvalue weighted by Crippen LogP contribution is 2.31. The Balaban J connectivity index is 1.45. The molecule has 0 spiro atoms. The quantitative estimate of drug-likeness (QED) is 0.617. The first-order valence-electron chi connectivity index (χ1n) is 10.1. The second-order valence-corrected chi connectivity index (χ2v) is 7.85. The van der Waals surface area contributed by atoms with Gasteiger partial charge in [-0.3, -0.25) is 4.79 Å². The minimum absolute atomic E-state index is 0.0439. The number of ether oxygens (including phenoxy) is 1. The summed E-state index contributed by atoms with van der Waals surface area (Å²) in [6.07, 6.45) is 5.07. The highest BCUT2D eigenvalue weighted by Gasteiger charge is 2.25. The van der Waals surface area contributed by atoms with E-state index >= 15 is 0 Å². The maximum Gasteiger partial charge on any atom is 0.339 e. The lowest BCUT2D eigenvalue weighted by Gasteiger charge is -2.31. The van der Waals surface area contributed by atoms with Crippen LogP contribution in [0.25, 0.3) is 11.0 Å². The van der Waals surface area contributed by atoms with Crippen molar-refractivity contribution in [3.8, 4) is 5.75 Å². The maximum atomic E-state index is 12.7. The molecule has 0 bridgehead atoms. The average Bonchev–Trinajstić information content (AvgIpc) is 2.76. The van der Waals surface area contributed by atoms with Gasteiger partial charge in [0.05, 0.1) is 5.39 Å². The van der Waals surface area contributed by atoms with Crippen molar-refractivity contribution in [2.24, 2.45) is 0 Å². The van der Waals surface area contributed by atoms with Gasteiger partial charge in [0.1, 0.15) is 17.7 Å². The number of carbonyl (C=O) groups is 1. The lowest BCUT2D eigenvalue weighted by Crippen LogP contribution is -2.40. The standard InChI is InChI=1S/C23H25N3O4/c1-14-10-19(22-15(2)16(3)23(28)30-20(22)11-14)29-12-21(27)26-8-5-17(6-9-26)18-4-7-24-13-25-18/h4,7,10-11,13,17H,5-6,8-9,12H2,1-3H3. The van der Waals surface area contributed by atoms with Crippen molar-refractivity contribution in [3.63, 3.8) is 0 Å². The van der Waals surface area contributed by atoms with Crippen molar-refractivity contribution in [3.05, 3.63) is 63.5 Å². The minimum Gasteiger partial charge on any atom is -0.483 e. The molecule has 3 aromatic rings. The maximum absolute atomic E-state index is 12.7. The van der Waals surface area contributed by atoms with E-state index in [-0.39, 0.29) is 18.1 Å². The summed E-state index contributed by atoms with van der Waals surface area (Å²) in [5, 5.41) is 0.743. The van der Waals surface area contributed by atoms with Crippen LogP contribution in [0.3, 0.4) is 0 Å². The number of hydrogen-bond acceptors (Lipinski definition) is 6. The molecule has 1 saturated heterocycles. The third-order valence-corrected chi connectivity index (χ3v) is 5.88. The molecule has 1 aromatic carbocycles. The van der Waals surface area contributed by atoms with Crippen LogP contribution in [-0.4, -0.2) is 40.5 Å². The number of benzene rings is 1. The summed E-state index contributed by atoms with van der Waals surface area (Å²) in [5.74, 6) is 0.878. The number of aryl methyl sites for hydroxylation is 2. The first kappa shape index (κ1) is 20.1. The molecular formula is C23H25N3O4. The Morgan fingerprint density at radius 2 is 1.97 bits per heavy atom. The van der Waals surface area contributed by atoms with E-state index in [4.69, 9.17) is 9.15 Å². The van der Waals surface area contributed by atoms with E-state index in [2.05, 4.69) is 9.97 Å². The first-order valence-corrected chi connectivity index (χ1v) is 10.1. The molecule has 4 rings (SSSR count). The first-order chi connectivity index (χ1) is 14.4. The normalized spacial score (nSPS) is 14.8. The van der Waals surface area contributed by atoms with Crippen LogP contribution < -0.4 is 10.4 Å². The van der Waals surface area contributed by atoms with Crippen molar-refractivity contribution in [2.75, 3.05) is 19.7 Å². The van der Waals surface area contributed by atoms with Crippen LogP contribution in [0.2, 0.25) is 0 Å². The summed E-state index contributed by atoms with van der Waals surface area (Å²) in [4.78, 5) is 34.9. The predicted molar refractivity (Wildman–Crippen MR) is 113 cm³/mol. The smallest absolute Gasteiger partial charge is 0.339 e. The number of carbonyl (C=O) groups excluding carboxylic acids is 1. The molecule has 7 nitrogen and oxygen atoms in total. The van der Waals surface area contributed by atoms with E-state index in [1.807, 2.05) is 36.9 Å². The Bertz CT molecular complexity index is 1130. The van der Waals surface area contributed by atoms with Gasteiger partial charge >= 0.3 is 5.63 Å². The molecule has 2 aromatic heterocycles. The Morgan fingerprint density at radius 1 is 1.20 bits per heavy atom. The lowest BCUT2D eigenvalue weighted by atomic mass is 9.93. The molecule has 156 valence electrons. The van der Waals surface area contributed by atoms with Crippen LogP contribution in [0.1, 0.15) is 41.1 Å². The molecule has 1 fully saturated rings. The van der Waals surface area contributed by atoms with Gasteiger partial charge in [-0.15, -0.1) is 0 Å². The highest BCUT2D eigenvalue weighted by molar-refractivity contribution is 5.88. The van der Waals surface area contributed by atoms with E-state index < -0.39 is 0 Å². The molecule has 0 saturated carbocycles. The number of hydrogen-bond donors (Lipinski definition) is 0. The lowest BCUT2D eigenvalue weighted by molar-refractivity contribution is -0.134. The number of amides is 1. The van der Waals surface area contributed by atoms with Crippen LogP contribution in [0.15, 0.2) is 39.9 Å². The van der Waals surface area contributed by atoms with Gasteiger partial charge in [-0.2, -0.15) is 0 Å². The van der Waals surface area contributed by atoms with E-state index in [1.165, 1.54) is 0 Å². The van der Waals surface area contributed by atoms with Crippen molar-refractivity contribution >= 4 is 16.9 Å². The van der Waals surface area contributed by atoms with Crippen LogP contribution in [0.4, 0.5) is 0 Å². The Kier molecular flexibility index (Phi) is 5.53. The fourth-order valence-corrected chi connectivity index (χ4v) is 4.00. The van der Waals surface area contributed by atoms with E-state index in [0.29, 0.717) is 35.9 Å². The van der Waals surface area contributed by atoms with E-state index in [1.54, 1.807) is 19.4 Å². The van der Waals surface area contributed by atoms with Gasteiger partial charge in [0.25, 0.3) is 5.91 Å². The second-order valence-electron chi connectivity index (χ2n) is 7.85. The number of nitrogens with zero attached hydrogens (tertiary/aromatic N) is 3. The topological polar surface area (TPSA) is 85.5 Å². The summed E-state index contributed by atoms with van der Waals surface area (Å²) in [5.41, 5.74) is 3.44. The molecule has 0 atom stereocenters. The van der Waals surface area contributed by atoms with Crippen molar-refractivity contribution in [2.45, 2.75) is 39.5 Å². The fraction of sp³-hybridized carbons (Fsp3) is 0.391. The van der Waals surface area contributed by atoms with Crippen LogP contribution in [0.5, 0.6) is 5.75 Å². The van der Waals surface area contributed by atoms with Gasteiger partial charge in [0, 0.05) is 36.5 Å². The number of likely N-dealkylation sites (tertiary alicyclic amines) is 1. The number of fused-ring (bicyclic) bond motifs is 1. The highest BCUT2D eigenvalue weighted by atomic mass is 16.5. The minimum atomic E-state index is -0.348. The molecule has 1 amide bonds. The van der Waals surface area contributed by atoms with Gasteiger partial charge in [0.2, 0.25) is 0 Å². The molecule has 0 N–H and O–H groups in total. The molecule has 30 heavy (non-hydrogen) atoms. The van der Waals surface area contributed by atoms with Gasteiger partial charge < -0.3 is 14.1 Å². The third kappa shape index (κ3) is 3.92. The molecule has 0 aliphatic carbocycles. The van der Waals surface area contributed by atoms with Crippen molar-refractivity contribution in [1.82, 2.24) is 14.9 Å². The molecule has 0 radical (unpaired) electrons. The summed E-state index contributed by atoms with van der Waals surface area (Å²) in [6.45, 7) is 6.82. The van der Waals surface area contributed by atoms with Gasteiger partial charge in [-0.05, 0) is 62.9 Å². The van der Waals surface area contributed by atoms with Gasteiger partial charge in [0.15, 0.2) is 6.61 Å². The number of aromatic nitrogens is 2. The Hall–Kier alpha value is -3.22. The zero-order valence-corrected chi connectivity index (χ0v) is 17.5. The number of piperidine rings is 1. The summed E-state index contributed by atoms with van der Waals surface area (Å²) in [7, 11) is 0. The van der Waals surface area contributed by atoms with E-state index in [9.17, 15) is 9.59 Å². The van der Waals surface area contributed by atoms with Crippen LogP contribution in [-0.2, 0) is 4.79 Å².